The van der Waals surface area contributed by atoms with Gasteiger partial charge in [0.05, 0.1) is 0 Å². The van der Waals surface area contributed by atoms with Crippen molar-refractivity contribution < 1.29 is 4.79 Å². The fourth-order valence-electron chi connectivity index (χ4n) is 2.07. The van der Waals surface area contributed by atoms with Crippen LogP contribution in [0.1, 0.15) is 47.7 Å². The van der Waals surface area contributed by atoms with Crippen molar-refractivity contribution in [3.63, 3.8) is 0 Å². The van der Waals surface area contributed by atoms with Crippen molar-refractivity contribution in [1.82, 2.24) is 5.32 Å². The Morgan fingerprint density at radius 3 is 2.32 bits per heavy atom. The lowest BCUT2D eigenvalue weighted by Crippen LogP contribution is -2.40. The summed E-state index contributed by atoms with van der Waals surface area (Å²) in [5, 5.41) is 3.01. The number of carbonyl (C=O) groups is 1. The number of amides is 1. The van der Waals surface area contributed by atoms with Crippen LogP contribution in [-0.2, 0) is 0 Å². The molecular formula is C15H25ClN2O. The second-order valence-corrected chi connectivity index (χ2v) is 4.92. The van der Waals surface area contributed by atoms with E-state index in [-0.39, 0.29) is 24.4 Å². The molecule has 0 saturated carbocycles. The van der Waals surface area contributed by atoms with Crippen LogP contribution in [0, 0.1) is 13.8 Å². The van der Waals surface area contributed by atoms with Crippen LogP contribution in [0.5, 0.6) is 0 Å². The number of carbonyl (C=O) groups excluding carboxylic acids is 1. The average molecular weight is 285 g/mol. The molecule has 4 heteroatoms. The summed E-state index contributed by atoms with van der Waals surface area (Å²) in [6.45, 7) is 6.64. The lowest BCUT2D eigenvalue weighted by atomic mass is 10.1. The van der Waals surface area contributed by atoms with E-state index in [2.05, 4.69) is 18.3 Å². The number of aryl methyl sites for hydroxylation is 2. The quantitative estimate of drug-likeness (QED) is 0.844. The number of hydrogen-bond acceptors (Lipinski definition) is 2. The summed E-state index contributed by atoms with van der Waals surface area (Å²) in [5.41, 5.74) is 8.63. The summed E-state index contributed by atoms with van der Waals surface area (Å²) >= 11 is 0. The van der Waals surface area contributed by atoms with E-state index in [4.69, 9.17) is 5.73 Å². The van der Waals surface area contributed by atoms with Crippen LogP contribution < -0.4 is 11.1 Å². The largest absolute Gasteiger partial charge is 0.348 e. The molecule has 1 rings (SSSR count). The molecule has 1 amide bonds. The van der Waals surface area contributed by atoms with Crippen LogP contribution in [0.4, 0.5) is 0 Å². The molecule has 108 valence electrons. The van der Waals surface area contributed by atoms with Crippen molar-refractivity contribution in [1.29, 1.82) is 0 Å². The predicted molar refractivity (Wildman–Crippen MR) is 83.0 cm³/mol. The minimum atomic E-state index is -0.0200. The molecule has 1 atom stereocenters. The van der Waals surface area contributed by atoms with Crippen molar-refractivity contribution >= 4 is 18.3 Å². The van der Waals surface area contributed by atoms with Crippen molar-refractivity contribution in [2.75, 3.05) is 6.54 Å². The standard InChI is InChI=1S/C15H24N2O.ClH/c1-4-5-6-14(10-16)17-15(18)13-8-11(2)7-12(3)9-13;/h7-9,14H,4-6,10,16H2,1-3H3,(H,17,18);1H. The second-order valence-electron chi connectivity index (χ2n) is 4.92. The van der Waals surface area contributed by atoms with Gasteiger partial charge in [0.25, 0.3) is 5.91 Å². The van der Waals surface area contributed by atoms with E-state index in [9.17, 15) is 4.79 Å². The Labute approximate surface area is 122 Å². The summed E-state index contributed by atoms with van der Waals surface area (Å²) in [6.07, 6.45) is 3.16. The second kappa shape index (κ2) is 8.94. The predicted octanol–water partition coefficient (Wildman–Crippen LogP) is 2.97. The zero-order valence-electron chi connectivity index (χ0n) is 12.0. The van der Waals surface area contributed by atoms with Gasteiger partial charge in [0.2, 0.25) is 0 Å². The number of rotatable bonds is 6. The molecule has 0 bridgehead atoms. The summed E-state index contributed by atoms with van der Waals surface area (Å²) in [5.74, 6) is -0.0200. The smallest absolute Gasteiger partial charge is 0.251 e. The third-order valence-corrected chi connectivity index (χ3v) is 3.01. The molecular weight excluding hydrogens is 260 g/mol. The van der Waals surface area contributed by atoms with Crippen LogP contribution >= 0.6 is 12.4 Å². The van der Waals surface area contributed by atoms with Gasteiger partial charge >= 0.3 is 0 Å². The Balaban J connectivity index is 0.00000324. The molecule has 19 heavy (non-hydrogen) atoms. The Bertz CT molecular complexity index is 387. The lowest BCUT2D eigenvalue weighted by Gasteiger charge is -2.16. The van der Waals surface area contributed by atoms with Crippen LogP contribution in [0.3, 0.4) is 0 Å². The Morgan fingerprint density at radius 2 is 1.84 bits per heavy atom. The van der Waals surface area contributed by atoms with E-state index >= 15 is 0 Å². The first-order valence-electron chi connectivity index (χ1n) is 6.66. The summed E-state index contributed by atoms with van der Waals surface area (Å²) < 4.78 is 0. The Hall–Kier alpha value is -1.06. The minimum absolute atomic E-state index is 0. The van der Waals surface area contributed by atoms with Crippen LogP contribution in [-0.4, -0.2) is 18.5 Å². The number of benzene rings is 1. The molecule has 1 unspecified atom stereocenters. The van der Waals surface area contributed by atoms with Crippen molar-refractivity contribution in [3.8, 4) is 0 Å². The molecule has 0 fully saturated rings. The average Bonchev–Trinajstić information content (AvgIpc) is 2.32. The fourth-order valence-corrected chi connectivity index (χ4v) is 2.07. The molecule has 0 aliphatic heterocycles. The van der Waals surface area contributed by atoms with E-state index in [0.29, 0.717) is 6.54 Å². The molecule has 3 N–H and O–H groups in total. The van der Waals surface area contributed by atoms with E-state index in [1.807, 2.05) is 26.0 Å². The summed E-state index contributed by atoms with van der Waals surface area (Å²) in [4.78, 5) is 12.1. The lowest BCUT2D eigenvalue weighted by molar-refractivity contribution is 0.0935. The zero-order chi connectivity index (χ0) is 13.5. The maximum atomic E-state index is 12.1. The SMILES string of the molecule is CCCCC(CN)NC(=O)c1cc(C)cc(C)c1.Cl. The monoisotopic (exact) mass is 284 g/mol. The number of halogens is 1. The third kappa shape index (κ3) is 6.08. The minimum Gasteiger partial charge on any atom is -0.348 e. The Kier molecular flexibility index (Phi) is 8.44. The first kappa shape index (κ1) is 17.9. The highest BCUT2D eigenvalue weighted by molar-refractivity contribution is 5.94. The van der Waals surface area contributed by atoms with Gasteiger partial charge in [0, 0.05) is 18.2 Å². The van der Waals surface area contributed by atoms with Crippen LogP contribution in [0.2, 0.25) is 0 Å². The normalized spacial score (nSPS) is 11.6. The highest BCUT2D eigenvalue weighted by Crippen LogP contribution is 2.09. The first-order valence-corrected chi connectivity index (χ1v) is 6.66. The van der Waals surface area contributed by atoms with Gasteiger partial charge < -0.3 is 11.1 Å². The molecule has 0 heterocycles. The van der Waals surface area contributed by atoms with E-state index in [1.54, 1.807) is 0 Å². The van der Waals surface area contributed by atoms with Gasteiger partial charge in [-0.15, -0.1) is 12.4 Å². The molecule has 0 spiro atoms. The zero-order valence-corrected chi connectivity index (χ0v) is 12.8. The van der Waals surface area contributed by atoms with Gasteiger partial charge in [-0.05, 0) is 32.4 Å². The molecule has 0 aromatic heterocycles. The van der Waals surface area contributed by atoms with E-state index < -0.39 is 0 Å². The van der Waals surface area contributed by atoms with Crippen molar-refractivity contribution in [2.24, 2.45) is 5.73 Å². The van der Waals surface area contributed by atoms with Crippen molar-refractivity contribution in [3.05, 3.63) is 34.9 Å². The van der Waals surface area contributed by atoms with Gasteiger partial charge in [-0.1, -0.05) is 37.0 Å². The van der Waals surface area contributed by atoms with Gasteiger partial charge in [0.15, 0.2) is 0 Å². The molecule has 0 saturated heterocycles. The third-order valence-electron chi connectivity index (χ3n) is 3.01. The molecule has 0 radical (unpaired) electrons. The highest BCUT2D eigenvalue weighted by atomic mass is 35.5. The van der Waals surface area contributed by atoms with Gasteiger partial charge in [-0.3, -0.25) is 4.79 Å². The molecule has 1 aromatic rings. The van der Waals surface area contributed by atoms with Crippen LogP contribution in [0.15, 0.2) is 18.2 Å². The van der Waals surface area contributed by atoms with Gasteiger partial charge in [-0.25, -0.2) is 0 Å². The summed E-state index contributed by atoms with van der Waals surface area (Å²) in [6, 6.07) is 5.97. The topological polar surface area (TPSA) is 55.1 Å². The van der Waals surface area contributed by atoms with Gasteiger partial charge in [-0.2, -0.15) is 0 Å². The molecule has 3 nitrogen and oxygen atoms in total. The number of nitrogens with one attached hydrogen (secondary N) is 1. The van der Waals surface area contributed by atoms with E-state index in [1.165, 1.54) is 0 Å². The fraction of sp³-hybridized carbons (Fsp3) is 0.533. The molecule has 1 aromatic carbocycles. The number of hydrogen-bond donors (Lipinski definition) is 2. The molecule has 0 aliphatic carbocycles. The van der Waals surface area contributed by atoms with E-state index in [0.717, 1.165) is 36.0 Å². The van der Waals surface area contributed by atoms with Crippen molar-refractivity contribution in [2.45, 2.75) is 46.1 Å². The van der Waals surface area contributed by atoms with Crippen LogP contribution in [0.25, 0.3) is 0 Å². The molecule has 0 aliphatic rings. The maximum absolute atomic E-state index is 12.1. The maximum Gasteiger partial charge on any atom is 0.251 e. The number of nitrogens with two attached hydrogens (primary N) is 1. The summed E-state index contributed by atoms with van der Waals surface area (Å²) in [7, 11) is 0. The van der Waals surface area contributed by atoms with Gasteiger partial charge in [0.1, 0.15) is 0 Å². The number of unbranched alkanes of at least 4 members (excludes halogenated alkanes) is 1. The first-order chi connectivity index (χ1) is 8.56. The highest BCUT2D eigenvalue weighted by Gasteiger charge is 2.12. The Morgan fingerprint density at radius 1 is 1.26 bits per heavy atom.